The number of nitrogens with one attached hydrogen (secondary N) is 2. The Morgan fingerprint density at radius 2 is 1.87 bits per heavy atom. The number of nitrogens with zero attached hydrogens (tertiary/aromatic N) is 1. The lowest BCUT2D eigenvalue weighted by Crippen LogP contribution is -2.43. The zero-order valence-electron chi connectivity index (χ0n) is 24.2. The molecule has 2 N–H and O–H groups in total. The maximum absolute atomic E-state index is 13.7. The molecule has 0 bridgehead atoms. The molecule has 0 unspecified atom stereocenters. The summed E-state index contributed by atoms with van der Waals surface area (Å²) in [4.78, 5) is 28.2. The second-order valence-electron chi connectivity index (χ2n) is 11.5. The predicted molar refractivity (Wildman–Crippen MR) is 153 cm³/mol. The minimum absolute atomic E-state index is 0.0469. The molecule has 2 aliphatic rings. The van der Waals surface area contributed by atoms with E-state index in [2.05, 4.69) is 31.4 Å². The van der Waals surface area contributed by atoms with Gasteiger partial charge < -0.3 is 25.0 Å². The quantitative estimate of drug-likeness (QED) is 0.308. The lowest BCUT2D eigenvalue weighted by molar-refractivity contribution is -0.119. The third-order valence-corrected chi connectivity index (χ3v) is 8.21. The van der Waals surface area contributed by atoms with Crippen molar-refractivity contribution < 1.29 is 19.1 Å². The molecule has 1 heterocycles. The Bertz CT molecular complexity index is 869. The Labute approximate surface area is 230 Å². The number of hydrogen-bond donors (Lipinski definition) is 2. The number of ether oxygens (including phenoxy) is 2. The van der Waals surface area contributed by atoms with Crippen LogP contribution in [0, 0.1) is 17.8 Å². The van der Waals surface area contributed by atoms with E-state index in [1.165, 1.54) is 32.1 Å². The lowest BCUT2D eigenvalue weighted by Gasteiger charge is -2.32. The van der Waals surface area contributed by atoms with E-state index in [0.29, 0.717) is 55.4 Å². The third-order valence-electron chi connectivity index (χ3n) is 8.21. The summed E-state index contributed by atoms with van der Waals surface area (Å²) >= 11 is 0. The van der Waals surface area contributed by atoms with Crippen LogP contribution in [0.3, 0.4) is 0 Å². The first kappa shape index (κ1) is 30.6. The number of Topliss-reactive ketones (excluding diaryl/α,β-unsaturated/α-hetero) is 1. The summed E-state index contributed by atoms with van der Waals surface area (Å²) in [6, 6.07) is 5.95. The van der Waals surface area contributed by atoms with Crippen LogP contribution in [-0.4, -0.2) is 75.7 Å². The van der Waals surface area contributed by atoms with E-state index in [1.54, 1.807) is 7.11 Å². The van der Waals surface area contributed by atoms with Gasteiger partial charge in [0.15, 0.2) is 0 Å². The fourth-order valence-corrected chi connectivity index (χ4v) is 5.87. The third kappa shape index (κ3) is 9.35. The van der Waals surface area contributed by atoms with Crippen molar-refractivity contribution in [3.8, 4) is 5.75 Å². The number of amides is 1. The van der Waals surface area contributed by atoms with Crippen LogP contribution in [0.1, 0.15) is 81.6 Å². The van der Waals surface area contributed by atoms with Crippen LogP contribution in [0.15, 0.2) is 18.2 Å². The first-order valence-electron chi connectivity index (χ1n) is 14.9. The van der Waals surface area contributed by atoms with Gasteiger partial charge in [-0.2, -0.15) is 0 Å². The smallest absolute Gasteiger partial charge is 0.254 e. The van der Waals surface area contributed by atoms with Gasteiger partial charge >= 0.3 is 0 Å². The molecule has 0 aromatic heterocycles. The summed E-state index contributed by atoms with van der Waals surface area (Å²) < 4.78 is 11.2. The van der Waals surface area contributed by atoms with E-state index in [-0.39, 0.29) is 11.9 Å². The monoisotopic (exact) mass is 529 g/mol. The van der Waals surface area contributed by atoms with E-state index >= 15 is 0 Å². The maximum Gasteiger partial charge on any atom is 0.254 e. The zero-order valence-corrected chi connectivity index (χ0v) is 24.2. The summed E-state index contributed by atoms with van der Waals surface area (Å²) in [6.45, 7) is 11.3. The Hall–Kier alpha value is -1.96. The van der Waals surface area contributed by atoms with E-state index in [0.717, 1.165) is 50.2 Å². The van der Waals surface area contributed by atoms with Gasteiger partial charge in [-0.25, -0.2) is 0 Å². The highest BCUT2D eigenvalue weighted by atomic mass is 16.5. The molecule has 1 aliphatic carbocycles. The van der Waals surface area contributed by atoms with Crippen molar-refractivity contribution in [3.05, 3.63) is 29.3 Å². The first-order chi connectivity index (χ1) is 18.4. The van der Waals surface area contributed by atoms with Crippen molar-refractivity contribution in [3.63, 3.8) is 0 Å². The van der Waals surface area contributed by atoms with Gasteiger partial charge in [0.2, 0.25) is 0 Å². The molecule has 1 aromatic rings. The average Bonchev–Trinajstić information content (AvgIpc) is 3.36. The van der Waals surface area contributed by atoms with Crippen LogP contribution in [0.5, 0.6) is 5.75 Å². The largest absolute Gasteiger partial charge is 0.493 e. The molecule has 0 radical (unpaired) electrons. The van der Waals surface area contributed by atoms with Crippen molar-refractivity contribution in [2.75, 3.05) is 53.0 Å². The highest BCUT2D eigenvalue weighted by Crippen LogP contribution is 2.27. The summed E-state index contributed by atoms with van der Waals surface area (Å²) in [5, 5.41) is 6.95. The van der Waals surface area contributed by atoms with E-state index < -0.39 is 0 Å². The second-order valence-corrected chi connectivity index (χ2v) is 11.5. The van der Waals surface area contributed by atoms with Gasteiger partial charge in [-0.1, -0.05) is 45.1 Å². The number of rotatable bonds is 16. The molecule has 7 nitrogen and oxygen atoms in total. The molecule has 1 saturated heterocycles. The predicted octanol–water partition coefficient (Wildman–Crippen LogP) is 4.48. The van der Waals surface area contributed by atoms with Gasteiger partial charge in [0.1, 0.15) is 11.5 Å². The summed E-state index contributed by atoms with van der Waals surface area (Å²) in [5.41, 5.74) is 1.78. The average molecular weight is 530 g/mol. The summed E-state index contributed by atoms with van der Waals surface area (Å²) in [7, 11) is 1.69. The van der Waals surface area contributed by atoms with Gasteiger partial charge in [-0.15, -0.1) is 0 Å². The van der Waals surface area contributed by atoms with Gasteiger partial charge in [-0.05, 0) is 68.8 Å². The van der Waals surface area contributed by atoms with Gasteiger partial charge in [0, 0.05) is 51.3 Å². The molecule has 3 rings (SSSR count). The Morgan fingerprint density at radius 3 is 2.58 bits per heavy atom. The number of methoxy groups -OCH3 is 1. The number of carbonyl (C=O) groups excluding carboxylic acids is 2. The molecule has 2 atom stereocenters. The molecule has 1 aliphatic heterocycles. The number of hydrogen-bond acceptors (Lipinski definition) is 6. The Morgan fingerprint density at radius 1 is 1.11 bits per heavy atom. The van der Waals surface area contributed by atoms with Crippen LogP contribution < -0.4 is 15.4 Å². The topological polar surface area (TPSA) is 79.9 Å². The molecule has 38 heavy (non-hydrogen) atoms. The normalized spacial score (nSPS) is 20.1. The molecule has 1 amide bonds. The number of ketones is 1. The van der Waals surface area contributed by atoms with Crippen LogP contribution in [-0.2, 0) is 16.0 Å². The standard InChI is InChI=1S/C31H51N3O4/c1-5-25-12-13-26(17-30(25)38-15-9-14-37-4)31(36)34(23(2)3)22-28-20-32-18-27(28)19-33-21-29(35)16-24-10-7-6-8-11-24/h12-13,17,23-24,27-28,32-33H,5-11,14-16,18-22H2,1-4H3/t27-,28-/m0/s1. The van der Waals surface area contributed by atoms with Crippen LogP contribution in [0.25, 0.3) is 0 Å². The molecular formula is C31H51N3O4. The fourth-order valence-electron chi connectivity index (χ4n) is 5.87. The van der Waals surface area contributed by atoms with Crippen molar-refractivity contribution in [2.24, 2.45) is 17.8 Å². The molecule has 1 aromatic carbocycles. The van der Waals surface area contributed by atoms with Gasteiger partial charge in [0.05, 0.1) is 13.2 Å². The minimum Gasteiger partial charge on any atom is -0.493 e. The number of benzene rings is 1. The van der Waals surface area contributed by atoms with Crippen molar-refractivity contribution >= 4 is 11.7 Å². The maximum atomic E-state index is 13.7. The second kappa shape index (κ2) is 16.2. The van der Waals surface area contributed by atoms with E-state index in [1.807, 2.05) is 23.1 Å². The van der Waals surface area contributed by atoms with Gasteiger partial charge in [0.25, 0.3) is 5.91 Å². The fraction of sp³-hybridized carbons (Fsp3) is 0.742. The molecular weight excluding hydrogens is 478 g/mol. The molecule has 7 heteroatoms. The van der Waals surface area contributed by atoms with E-state index in [4.69, 9.17) is 9.47 Å². The highest BCUT2D eigenvalue weighted by Gasteiger charge is 2.31. The first-order valence-corrected chi connectivity index (χ1v) is 14.9. The molecule has 0 spiro atoms. The molecule has 2 fully saturated rings. The van der Waals surface area contributed by atoms with Crippen molar-refractivity contribution in [1.29, 1.82) is 0 Å². The summed E-state index contributed by atoms with van der Waals surface area (Å²) in [5.74, 6) is 2.52. The van der Waals surface area contributed by atoms with Crippen molar-refractivity contribution in [1.82, 2.24) is 15.5 Å². The highest BCUT2D eigenvalue weighted by molar-refractivity contribution is 5.95. The summed E-state index contributed by atoms with van der Waals surface area (Å²) in [6.07, 6.45) is 8.69. The zero-order chi connectivity index (χ0) is 27.3. The van der Waals surface area contributed by atoms with Crippen LogP contribution in [0.2, 0.25) is 0 Å². The molecule has 1 saturated carbocycles. The Balaban J connectivity index is 1.55. The van der Waals surface area contributed by atoms with Crippen LogP contribution >= 0.6 is 0 Å². The number of carbonyl (C=O) groups is 2. The van der Waals surface area contributed by atoms with Crippen LogP contribution in [0.4, 0.5) is 0 Å². The van der Waals surface area contributed by atoms with E-state index in [9.17, 15) is 9.59 Å². The number of aryl methyl sites for hydroxylation is 1. The van der Waals surface area contributed by atoms with Crippen molar-refractivity contribution in [2.45, 2.75) is 78.2 Å². The lowest BCUT2D eigenvalue weighted by atomic mass is 9.86. The van der Waals surface area contributed by atoms with Gasteiger partial charge in [-0.3, -0.25) is 9.59 Å². The molecule has 214 valence electrons. The minimum atomic E-state index is 0.0469. The SMILES string of the molecule is CCc1ccc(C(=O)N(C[C@@H]2CNC[C@H]2CNCC(=O)CC2CCCCC2)C(C)C)cc1OCCCOC. The Kier molecular flexibility index (Phi) is 13.0.